The summed E-state index contributed by atoms with van der Waals surface area (Å²) in [6, 6.07) is 11.0. The standard InChI is InChI=1S/C20H18ClN3O5/c1-23(2)20(25)15(11-22)8-14-9-17(21)19(18(10-14)28-3)29-12-13-4-6-16(7-5-13)24(26)27/h4-10H,12H2,1-3H3/b15-8-. The van der Waals surface area contributed by atoms with Crippen LogP contribution in [-0.2, 0) is 11.4 Å². The Bertz CT molecular complexity index is 994. The van der Waals surface area contributed by atoms with Gasteiger partial charge in [-0.2, -0.15) is 5.26 Å². The molecule has 0 aliphatic rings. The average molecular weight is 416 g/mol. The molecule has 2 aromatic carbocycles. The molecule has 0 fully saturated rings. The summed E-state index contributed by atoms with van der Waals surface area (Å²) in [6.07, 6.45) is 1.41. The monoisotopic (exact) mass is 415 g/mol. The number of nitrogens with zero attached hydrogens (tertiary/aromatic N) is 3. The number of nitro groups is 1. The molecule has 9 heteroatoms. The van der Waals surface area contributed by atoms with Crippen LogP contribution in [0.2, 0.25) is 5.02 Å². The lowest BCUT2D eigenvalue weighted by Crippen LogP contribution is -2.22. The number of methoxy groups -OCH3 is 1. The second-order valence-corrected chi connectivity index (χ2v) is 6.52. The van der Waals surface area contributed by atoms with Gasteiger partial charge >= 0.3 is 0 Å². The van der Waals surface area contributed by atoms with Crippen LogP contribution in [0.3, 0.4) is 0 Å². The van der Waals surface area contributed by atoms with Gasteiger partial charge < -0.3 is 14.4 Å². The van der Waals surface area contributed by atoms with E-state index in [2.05, 4.69) is 0 Å². The van der Waals surface area contributed by atoms with Gasteiger partial charge in [-0.15, -0.1) is 0 Å². The highest BCUT2D eigenvalue weighted by atomic mass is 35.5. The molecule has 0 radical (unpaired) electrons. The number of hydrogen-bond donors (Lipinski definition) is 0. The molecule has 0 N–H and O–H groups in total. The molecule has 8 nitrogen and oxygen atoms in total. The molecule has 29 heavy (non-hydrogen) atoms. The maximum atomic E-state index is 12.0. The minimum atomic E-state index is -0.479. The van der Waals surface area contributed by atoms with E-state index in [4.69, 9.17) is 21.1 Å². The summed E-state index contributed by atoms with van der Waals surface area (Å²) in [6.45, 7) is 0.117. The van der Waals surface area contributed by atoms with Gasteiger partial charge in [0.2, 0.25) is 0 Å². The zero-order chi connectivity index (χ0) is 21.6. The molecule has 1 amide bonds. The molecule has 0 saturated carbocycles. The van der Waals surface area contributed by atoms with Crippen molar-refractivity contribution in [1.29, 1.82) is 5.26 Å². The molecule has 0 aromatic heterocycles. The first-order valence-electron chi connectivity index (χ1n) is 8.34. The van der Waals surface area contributed by atoms with Gasteiger partial charge in [-0.25, -0.2) is 0 Å². The van der Waals surface area contributed by atoms with Crippen LogP contribution in [-0.4, -0.2) is 36.9 Å². The molecule has 2 rings (SSSR count). The molecule has 0 atom stereocenters. The zero-order valence-electron chi connectivity index (χ0n) is 16.0. The fourth-order valence-electron chi connectivity index (χ4n) is 2.38. The molecule has 0 saturated heterocycles. The van der Waals surface area contributed by atoms with E-state index >= 15 is 0 Å². The highest BCUT2D eigenvalue weighted by Crippen LogP contribution is 2.37. The van der Waals surface area contributed by atoms with Crippen molar-refractivity contribution < 1.29 is 19.2 Å². The molecule has 0 unspecified atom stereocenters. The van der Waals surface area contributed by atoms with Crippen LogP contribution in [0.15, 0.2) is 42.0 Å². The Morgan fingerprint density at radius 1 is 1.31 bits per heavy atom. The van der Waals surface area contributed by atoms with Gasteiger partial charge in [0, 0.05) is 26.2 Å². The maximum Gasteiger partial charge on any atom is 0.269 e. The maximum absolute atomic E-state index is 12.0. The predicted octanol–water partition coefficient (Wildman–Crippen LogP) is 3.83. The molecule has 0 spiro atoms. The Morgan fingerprint density at radius 3 is 2.48 bits per heavy atom. The normalized spacial score (nSPS) is 10.8. The SMILES string of the molecule is COc1cc(/C=C(/C#N)C(=O)N(C)C)cc(Cl)c1OCc1ccc([N+](=O)[O-])cc1. The third kappa shape index (κ3) is 5.46. The molecule has 150 valence electrons. The van der Waals surface area contributed by atoms with Gasteiger partial charge in [-0.1, -0.05) is 11.6 Å². The largest absolute Gasteiger partial charge is 0.493 e. The lowest BCUT2D eigenvalue weighted by Gasteiger charge is -2.14. The van der Waals surface area contributed by atoms with Gasteiger partial charge in [0.15, 0.2) is 11.5 Å². The van der Waals surface area contributed by atoms with E-state index in [-0.39, 0.29) is 28.6 Å². The van der Waals surface area contributed by atoms with Crippen LogP contribution in [0.5, 0.6) is 11.5 Å². The number of nitriles is 1. The van der Waals surface area contributed by atoms with Gasteiger partial charge in [0.05, 0.1) is 17.1 Å². The average Bonchev–Trinajstić information content (AvgIpc) is 2.70. The number of likely N-dealkylation sites (N-methyl/N-ethyl adjacent to an activating group) is 1. The zero-order valence-corrected chi connectivity index (χ0v) is 16.8. The van der Waals surface area contributed by atoms with E-state index in [0.29, 0.717) is 16.9 Å². The summed E-state index contributed by atoms with van der Waals surface area (Å²) >= 11 is 6.31. The Balaban J connectivity index is 2.27. The molecule has 0 heterocycles. The second kappa shape index (κ2) is 9.57. The van der Waals surface area contributed by atoms with Crippen molar-refractivity contribution in [3.8, 4) is 17.6 Å². The Labute approximate surface area is 172 Å². The lowest BCUT2D eigenvalue weighted by atomic mass is 10.1. The minimum Gasteiger partial charge on any atom is -0.493 e. The molecular formula is C20H18ClN3O5. The Kier molecular flexibility index (Phi) is 7.17. The van der Waals surface area contributed by atoms with Crippen molar-refractivity contribution >= 4 is 29.3 Å². The highest BCUT2D eigenvalue weighted by Gasteiger charge is 2.15. The van der Waals surface area contributed by atoms with E-state index in [9.17, 15) is 20.2 Å². The number of carbonyl (C=O) groups is 1. The summed E-state index contributed by atoms with van der Waals surface area (Å²) in [7, 11) is 4.54. The number of hydrogen-bond acceptors (Lipinski definition) is 6. The number of non-ortho nitro benzene ring substituents is 1. The van der Waals surface area contributed by atoms with Crippen molar-refractivity contribution in [3.05, 3.63) is 68.2 Å². The van der Waals surface area contributed by atoms with E-state index in [0.717, 1.165) is 0 Å². The Hall–Kier alpha value is -3.57. The third-order valence-corrected chi connectivity index (χ3v) is 4.13. The smallest absolute Gasteiger partial charge is 0.269 e. The van der Waals surface area contributed by atoms with E-state index < -0.39 is 10.8 Å². The van der Waals surface area contributed by atoms with Crippen LogP contribution in [0.1, 0.15) is 11.1 Å². The highest BCUT2D eigenvalue weighted by molar-refractivity contribution is 6.32. The van der Waals surface area contributed by atoms with Crippen LogP contribution in [0.25, 0.3) is 6.08 Å². The first kappa shape index (κ1) is 21.7. The number of ether oxygens (including phenoxy) is 2. The number of rotatable bonds is 7. The van der Waals surface area contributed by atoms with Crippen molar-refractivity contribution in [2.75, 3.05) is 21.2 Å². The number of carbonyl (C=O) groups excluding carboxylic acids is 1. The topological polar surface area (TPSA) is 106 Å². The summed E-state index contributed by atoms with van der Waals surface area (Å²) in [5.41, 5.74) is 1.15. The summed E-state index contributed by atoms with van der Waals surface area (Å²) in [5.74, 6) is 0.170. The molecular weight excluding hydrogens is 398 g/mol. The quantitative estimate of drug-likeness (QED) is 0.294. The van der Waals surface area contributed by atoms with Crippen molar-refractivity contribution in [1.82, 2.24) is 4.90 Å². The van der Waals surface area contributed by atoms with Gasteiger partial charge in [-0.3, -0.25) is 14.9 Å². The van der Waals surface area contributed by atoms with Crippen LogP contribution in [0, 0.1) is 21.4 Å². The molecule has 0 bridgehead atoms. The second-order valence-electron chi connectivity index (χ2n) is 6.12. The van der Waals surface area contributed by atoms with Gasteiger partial charge in [-0.05, 0) is 41.5 Å². The summed E-state index contributed by atoms with van der Waals surface area (Å²) in [5, 5.41) is 20.2. The van der Waals surface area contributed by atoms with Gasteiger partial charge in [0.25, 0.3) is 11.6 Å². The van der Waals surface area contributed by atoms with Crippen molar-refractivity contribution in [2.24, 2.45) is 0 Å². The Morgan fingerprint density at radius 2 is 1.97 bits per heavy atom. The van der Waals surface area contributed by atoms with E-state index in [1.807, 2.05) is 6.07 Å². The fourth-order valence-corrected chi connectivity index (χ4v) is 2.66. The van der Waals surface area contributed by atoms with Crippen LogP contribution < -0.4 is 9.47 Å². The number of amides is 1. The van der Waals surface area contributed by atoms with Crippen LogP contribution in [0.4, 0.5) is 5.69 Å². The molecule has 0 aliphatic carbocycles. The minimum absolute atomic E-state index is 0.0129. The van der Waals surface area contributed by atoms with E-state index in [1.165, 1.54) is 30.2 Å². The van der Waals surface area contributed by atoms with Crippen molar-refractivity contribution in [3.63, 3.8) is 0 Å². The first-order chi connectivity index (χ1) is 13.8. The molecule has 0 aliphatic heterocycles. The number of halogens is 1. The summed E-state index contributed by atoms with van der Waals surface area (Å²) in [4.78, 5) is 23.6. The summed E-state index contributed by atoms with van der Waals surface area (Å²) < 4.78 is 11.1. The fraction of sp³-hybridized carbons (Fsp3) is 0.200. The number of benzene rings is 2. The molecule has 2 aromatic rings. The number of nitro benzene ring substituents is 1. The lowest BCUT2D eigenvalue weighted by molar-refractivity contribution is -0.384. The predicted molar refractivity (Wildman–Crippen MR) is 108 cm³/mol. The van der Waals surface area contributed by atoms with Gasteiger partial charge in [0.1, 0.15) is 18.2 Å². The van der Waals surface area contributed by atoms with Crippen molar-refractivity contribution in [2.45, 2.75) is 6.61 Å². The first-order valence-corrected chi connectivity index (χ1v) is 8.71. The van der Waals surface area contributed by atoms with E-state index in [1.54, 1.807) is 38.4 Å². The van der Waals surface area contributed by atoms with Crippen LogP contribution >= 0.6 is 11.6 Å². The third-order valence-electron chi connectivity index (χ3n) is 3.85.